The second-order valence-corrected chi connectivity index (χ2v) is 4.83. The standard InChI is InChI=1S/C13H17N3/c1-9-3-2-4-11-8-15-16(13(9)11)12-5-10(6-12)7-14/h2-4,8,10,12H,5-7,14H2,1H3. The Balaban J connectivity index is 1.99. The predicted molar refractivity (Wildman–Crippen MR) is 65.3 cm³/mol. The summed E-state index contributed by atoms with van der Waals surface area (Å²) in [6.07, 6.45) is 4.33. The number of aromatic nitrogens is 2. The Labute approximate surface area is 95.2 Å². The van der Waals surface area contributed by atoms with Gasteiger partial charge in [-0.2, -0.15) is 5.10 Å². The van der Waals surface area contributed by atoms with Gasteiger partial charge in [-0.1, -0.05) is 18.2 Å². The van der Waals surface area contributed by atoms with Crippen LogP contribution in [-0.4, -0.2) is 16.3 Å². The minimum absolute atomic E-state index is 0.562. The third kappa shape index (κ3) is 1.35. The van der Waals surface area contributed by atoms with Gasteiger partial charge < -0.3 is 5.73 Å². The molecule has 1 saturated carbocycles. The monoisotopic (exact) mass is 215 g/mol. The lowest BCUT2D eigenvalue weighted by molar-refractivity contribution is 0.195. The minimum Gasteiger partial charge on any atom is -0.330 e. The van der Waals surface area contributed by atoms with Crippen molar-refractivity contribution >= 4 is 10.9 Å². The number of hydrogen-bond donors (Lipinski definition) is 1. The molecule has 3 rings (SSSR count). The molecule has 2 aromatic rings. The molecule has 1 heterocycles. The summed E-state index contributed by atoms with van der Waals surface area (Å²) in [6.45, 7) is 2.97. The van der Waals surface area contributed by atoms with E-state index in [1.165, 1.54) is 29.3 Å². The van der Waals surface area contributed by atoms with E-state index in [1.807, 2.05) is 6.20 Å². The smallest absolute Gasteiger partial charge is 0.0714 e. The normalized spacial score (nSPS) is 24.6. The third-order valence-corrected chi connectivity index (χ3v) is 3.71. The average molecular weight is 215 g/mol. The summed E-state index contributed by atoms with van der Waals surface area (Å²) < 4.78 is 2.19. The highest BCUT2D eigenvalue weighted by molar-refractivity contribution is 5.81. The highest BCUT2D eigenvalue weighted by Gasteiger charge is 2.30. The van der Waals surface area contributed by atoms with Gasteiger partial charge in [0.05, 0.1) is 17.8 Å². The van der Waals surface area contributed by atoms with Gasteiger partial charge in [-0.25, -0.2) is 0 Å². The van der Waals surface area contributed by atoms with E-state index < -0.39 is 0 Å². The number of nitrogens with two attached hydrogens (primary N) is 1. The van der Waals surface area contributed by atoms with Crippen LogP contribution >= 0.6 is 0 Å². The van der Waals surface area contributed by atoms with E-state index in [-0.39, 0.29) is 0 Å². The van der Waals surface area contributed by atoms with Crippen LogP contribution in [0.25, 0.3) is 10.9 Å². The maximum atomic E-state index is 5.66. The first-order valence-electron chi connectivity index (χ1n) is 5.92. The molecule has 0 amide bonds. The van der Waals surface area contributed by atoms with E-state index in [9.17, 15) is 0 Å². The zero-order valence-electron chi connectivity index (χ0n) is 9.56. The van der Waals surface area contributed by atoms with E-state index in [4.69, 9.17) is 5.73 Å². The van der Waals surface area contributed by atoms with Gasteiger partial charge in [-0.3, -0.25) is 4.68 Å². The molecule has 1 aliphatic rings. The number of rotatable bonds is 2. The molecule has 2 N–H and O–H groups in total. The highest BCUT2D eigenvalue weighted by atomic mass is 15.3. The first kappa shape index (κ1) is 9.85. The van der Waals surface area contributed by atoms with Gasteiger partial charge >= 0.3 is 0 Å². The summed E-state index contributed by atoms with van der Waals surface area (Å²) >= 11 is 0. The predicted octanol–water partition coefficient (Wildman–Crippen LogP) is 2.25. The number of nitrogens with zero attached hydrogens (tertiary/aromatic N) is 2. The lowest BCUT2D eigenvalue weighted by Gasteiger charge is -2.35. The molecule has 0 bridgehead atoms. The topological polar surface area (TPSA) is 43.8 Å². The van der Waals surface area contributed by atoms with Gasteiger partial charge in [0.1, 0.15) is 0 Å². The van der Waals surface area contributed by atoms with Crippen molar-refractivity contribution in [3.05, 3.63) is 30.0 Å². The van der Waals surface area contributed by atoms with Gasteiger partial charge in [-0.05, 0) is 37.8 Å². The molecule has 3 heteroatoms. The van der Waals surface area contributed by atoms with Crippen LogP contribution in [0.1, 0.15) is 24.4 Å². The largest absolute Gasteiger partial charge is 0.330 e. The van der Waals surface area contributed by atoms with Crippen molar-refractivity contribution in [1.82, 2.24) is 9.78 Å². The zero-order chi connectivity index (χ0) is 11.1. The van der Waals surface area contributed by atoms with E-state index in [2.05, 4.69) is 34.9 Å². The first-order chi connectivity index (χ1) is 7.79. The molecule has 1 aromatic carbocycles. The Morgan fingerprint density at radius 3 is 3.00 bits per heavy atom. The van der Waals surface area contributed by atoms with E-state index in [0.717, 1.165) is 6.54 Å². The van der Waals surface area contributed by atoms with Crippen molar-refractivity contribution in [2.75, 3.05) is 6.54 Å². The van der Waals surface area contributed by atoms with Crippen LogP contribution in [0.5, 0.6) is 0 Å². The molecule has 0 atom stereocenters. The molecule has 84 valence electrons. The Morgan fingerprint density at radius 1 is 1.44 bits per heavy atom. The van der Waals surface area contributed by atoms with Crippen LogP contribution in [0.3, 0.4) is 0 Å². The number of hydrogen-bond acceptors (Lipinski definition) is 2. The zero-order valence-corrected chi connectivity index (χ0v) is 9.56. The van der Waals surface area contributed by atoms with Gasteiger partial charge in [0.25, 0.3) is 0 Å². The summed E-state index contributed by atoms with van der Waals surface area (Å²) in [7, 11) is 0. The van der Waals surface area contributed by atoms with E-state index >= 15 is 0 Å². The van der Waals surface area contributed by atoms with Gasteiger partial charge in [0.2, 0.25) is 0 Å². The summed E-state index contributed by atoms with van der Waals surface area (Å²) in [5.41, 5.74) is 8.27. The van der Waals surface area contributed by atoms with Crippen molar-refractivity contribution in [1.29, 1.82) is 0 Å². The van der Waals surface area contributed by atoms with Crippen LogP contribution in [-0.2, 0) is 0 Å². The maximum absolute atomic E-state index is 5.66. The van der Waals surface area contributed by atoms with Crippen LogP contribution in [0.4, 0.5) is 0 Å². The average Bonchev–Trinajstić information content (AvgIpc) is 2.62. The summed E-state index contributed by atoms with van der Waals surface area (Å²) in [4.78, 5) is 0. The molecule has 0 spiro atoms. The fourth-order valence-electron chi connectivity index (χ4n) is 2.65. The molecule has 1 aliphatic carbocycles. The Bertz CT molecular complexity index is 509. The SMILES string of the molecule is Cc1cccc2cnn(C3CC(CN)C3)c12. The highest BCUT2D eigenvalue weighted by Crippen LogP contribution is 2.38. The molecule has 1 fully saturated rings. The molecular formula is C13H17N3. The molecule has 0 unspecified atom stereocenters. The Morgan fingerprint density at radius 2 is 2.25 bits per heavy atom. The maximum Gasteiger partial charge on any atom is 0.0714 e. The number of benzene rings is 1. The van der Waals surface area contributed by atoms with E-state index in [0.29, 0.717) is 12.0 Å². The second kappa shape index (κ2) is 3.59. The van der Waals surface area contributed by atoms with Crippen molar-refractivity contribution < 1.29 is 0 Å². The lowest BCUT2D eigenvalue weighted by Crippen LogP contribution is -2.32. The number of para-hydroxylation sites is 1. The molecule has 1 aromatic heterocycles. The van der Waals surface area contributed by atoms with Crippen molar-refractivity contribution in [3.63, 3.8) is 0 Å². The summed E-state index contributed by atoms with van der Waals surface area (Å²) in [5, 5.41) is 5.77. The first-order valence-corrected chi connectivity index (χ1v) is 5.92. The molecule has 0 saturated heterocycles. The minimum atomic E-state index is 0.562. The van der Waals surface area contributed by atoms with Crippen LogP contribution in [0.15, 0.2) is 24.4 Å². The number of fused-ring (bicyclic) bond motifs is 1. The lowest BCUT2D eigenvalue weighted by atomic mass is 9.80. The molecular weight excluding hydrogens is 198 g/mol. The van der Waals surface area contributed by atoms with Crippen molar-refractivity contribution in [3.8, 4) is 0 Å². The van der Waals surface area contributed by atoms with Gasteiger partial charge in [0.15, 0.2) is 0 Å². The van der Waals surface area contributed by atoms with E-state index in [1.54, 1.807) is 0 Å². The number of aryl methyl sites for hydroxylation is 1. The van der Waals surface area contributed by atoms with Crippen molar-refractivity contribution in [2.24, 2.45) is 11.7 Å². The summed E-state index contributed by atoms with van der Waals surface area (Å²) in [5.74, 6) is 0.702. The van der Waals surface area contributed by atoms with Crippen LogP contribution < -0.4 is 5.73 Å². The van der Waals surface area contributed by atoms with Crippen LogP contribution in [0, 0.1) is 12.8 Å². The van der Waals surface area contributed by atoms with Gasteiger partial charge in [0, 0.05) is 5.39 Å². The molecule has 0 radical (unpaired) electrons. The summed E-state index contributed by atoms with van der Waals surface area (Å²) in [6, 6.07) is 6.93. The quantitative estimate of drug-likeness (QED) is 0.835. The Kier molecular flexibility index (Phi) is 2.21. The Hall–Kier alpha value is -1.35. The van der Waals surface area contributed by atoms with Crippen LogP contribution in [0.2, 0.25) is 0 Å². The van der Waals surface area contributed by atoms with Gasteiger partial charge in [-0.15, -0.1) is 0 Å². The third-order valence-electron chi connectivity index (χ3n) is 3.71. The van der Waals surface area contributed by atoms with Crippen molar-refractivity contribution in [2.45, 2.75) is 25.8 Å². The molecule has 0 aliphatic heterocycles. The fourth-order valence-corrected chi connectivity index (χ4v) is 2.65. The second-order valence-electron chi connectivity index (χ2n) is 4.83. The molecule has 16 heavy (non-hydrogen) atoms. The molecule has 3 nitrogen and oxygen atoms in total. The fraction of sp³-hybridized carbons (Fsp3) is 0.462.